The van der Waals surface area contributed by atoms with Gasteiger partial charge in [-0.15, -0.1) is 0 Å². The van der Waals surface area contributed by atoms with Crippen LogP contribution in [0.1, 0.15) is 124 Å². The summed E-state index contributed by atoms with van der Waals surface area (Å²) in [5.41, 5.74) is 3.60. The summed E-state index contributed by atoms with van der Waals surface area (Å²) in [7, 11) is 0. The fourth-order valence-electron chi connectivity index (χ4n) is 3.49. The fourth-order valence-corrected chi connectivity index (χ4v) is 3.49. The summed E-state index contributed by atoms with van der Waals surface area (Å²) in [6.45, 7) is 44.6. The standard InChI is InChI=1S/C31H58/c1-23(31(17,18)27(8,9)10)21-24(25(2,3)4)19-20-28(11,12)30(15,16)22-29(13,14)26(5,6)7/h19-21H,1,22H2,2-18H3/b20-19+,24-21+. The first-order valence-corrected chi connectivity index (χ1v) is 12.3. The highest BCUT2D eigenvalue weighted by Gasteiger charge is 2.43. The Morgan fingerprint density at radius 3 is 1.35 bits per heavy atom. The number of hydrogen-bond donors (Lipinski definition) is 0. The predicted octanol–water partition coefficient (Wildman–Crippen LogP) is 10.7. The van der Waals surface area contributed by atoms with Crippen molar-refractivity contribution >= 4 is 0 Å². The van der Waals surface area contributed by atoms with E-state index in [0.29, 0.717) is 0 Å². The molecule has 31 heavy (non-hydrogen) atoms. The summed E-state index contributed by atoms with van der Waals surface area (Å²) >= 11 is 0. The quantitative estimate of drug-likeness (QED) is 0.352. The van der Waals surface area contributed by atoms with Gasteiger partial charge in [0.15, 0.2) is 0 Å². The topological polar surface area (TPSA) is 0 Å². The van der Waals surface area contributed by atoms with Crippen LogP contribution in [0.2, 0.25) is 0 Å². The number of hydrogen-bond acceptors (Lipinski definition) is 0. The number of rotatable bonds is 7. The first kappa shape index (κ1) is 30.2. The molecule has 0 spiro atoms. The van der Waals surface area contributed by atoms with E-state index in [9.17, 15) is 0 Å². The van der Waals surface area contributed by atoms with Crippen LogP contribution in [0.4, 0.5) is 0 Å². The lowest BCUT2D eigenvalue weighted by Crippen LogP contribution is -2.40. The van der Waals surface area contributed by atoms with Gasteiger partial charge in [0.05, 0.1) is 0 Å². The van der Waals surface area contributed by atoms with Gasteiger partial charge in [0.1, 0.15) is 0 Å². The average Bonchev–Trinajstić information content (AvgIpc) is 2.46. The van der Waals surface area contributed by atoms with Gasteiger partial charge in [-0.1, -0.05) is 143 Å². The second-order valence-corrected chi connectivity index (χ2v) is 15.5. The Hall–Kier alpha value is -0.780. The van der Waals surface area contributed by atoms with Crippen molar-refractivity contribution in [3.05, 3.63) is 36.0 Å². The first-order chi connectivity index (χ1) is 13.2. The summed E-state index contributed by atoms with van der Waals surface area (Å²) < 4.78 is 0. The molecule has 0 aliphatic heterocycles. The zero-order valence-corrected chi connectivity index (χ0v) is 24.6. The largest absolute Gasteiger partial charge is 0.0953 e. The van der Waals surface area contributed by atoms with E-state index in [2.05, 4.69) is 143 Å². The highest BCUT2D eigenvalue weighted by Crippen LogP contribution is 2.53. The van der Waals surface area contributed by atoms with Gasteiger partial charge in [-0.25, -0.2) is 0 Å². The Morgan fingerprint density at radius 2 is 1.03 bits per heavy atom. The van der Waals surface area contributed by atoms with E-state index in [0.717, 1.165) is 0 Å². The Bertz CT molecular complexity index is 680. The third-order valence-electron chi connectivity index (χ3n) is 9.21. The van der Waals surface area contributed by atoms with Gasteiger partial charge in [0.25, 0.3) is 0 Å². The maximum Gasteiger partial charge on any atom is -0.00608 e. The maximum atomic E-state index is 4.50. The fraction of sp³-hybridized carbons (Fsp3) is 0.806. The van der Waals surface area contributed by atoms with Crippen molar-refractivity contribution < 1.29 is 0 Å². The van der Waals surface area contributed by atoms with Crippen LogP contribution >= 0.6 is 0 Å². The van der Waals surface area contributed by atoms with E-state index < -0.39 is 0 Å². The van der Waals surface area contributed by atoms with Crippen molar-refractivity contribution in [3.8, 4) is 0 Å². The molecule has 0 amide bonds. The van der Waals surface area contributed by atoms with Gasteiger partial charge in [-0.05, 0) is 55.5 Å². The lowest BCUT2D eigenvalue weighted by Gasteiger charge is -2.49. The molecule has 0 fully saturated rings. The van der Waals surface area contributed by atoms with Crippen molar-refractivity contribution in [2.45, 2.75) is 124 Å². The van der Waals surface area contributed by atoms with Crippen LogP contribution in [0.15, 0.2) is 36.0 Å². The minimum atomic E-state index is 0.0306. The van der Waals surface area contributed by atoms with E-state index in [-0.39, 0.29) is 37.9 Å². The Balaban J connectivity index is 6.15. The molecule has 0 radical (unpaired) electrons. The lowest BCUT2D eigenvalue weighted by molar-refractivity contribution is 0.0227. The molecule has 0 saturated heterocycles. The second kappa shape index (κ2) is 8.87. The summed E-state index contributed by atoms with van der Waals surface area (Å²) in [5, 5.41) is 0. The molecule has 0 N–H and O–H groups in total. The molecule has 0 aromatic heterocycles. The van der Waals surface area contributed by atoms with E-state index in [1.807, 2.05) is 0 Å². The van der Waals surface area contributed by atoms with Crippen LogP contribution < -0.4 is 0 Å². The highest BCUT2D eigenvalue weighted by atomic mass is 14.5. The third-order valence-corrected chi connectivity index (χ3v) is 9.21. The van der Waals surface area contributed by atoms with Gasteiger partial charge in [0.2, 0.25) is 0 Å². The summed E-state index contributed by atoms with van der Waals surface area (Å²) in [5.74, 6) is 0. The average molecular weight is 431 g/mol. The zero-order chi connectivity index (χ0) is 25.5. The predicted molar refractivity (Wildman–Crippen MR) is 144 cm³/mol. The van der Waals surface area contributed by atoms with Crippen LogP contribution in [0, 0.1) is 37.9 Å². The minimum absolute atomic E-state index is 0.0306. The van der Waals surface area contributed by atoms with Gasteiger partial charge < -0.3 is 0 Å². The van der Waals surface area contributed by atoms with Crippen LogP contribution in [0.5, 0.6) is 0 Å². The molecule has 0 rings (SSSR count). The van der Waals surface area contributed by atoms with Crippen LogP contribution in [0.3, 0.4) is 0 Å². The molecule has 0 bridgehead atoms. The van der Waals surface area contributed by atoms with E-state index in [4.69, 9.17) is 0 Å². The molecule has 0 heterocycles. The van der Waals surface area contributed by atoms with Crippen molar-refractivity contribution in [2.24, 2.45) is 37.9 Å². The second-order valence-electron chi connectivity index (χ2n) is 15.5. The van der Waals surface area contributed by atoms with Crippen LogP contribution in [-0.2, 0) is 0 Å². The van der Waals surface area contributed by atoms with E-state index >= 15 is 0 Å². The molecule has 182 valence electrons. The van der Waals surface area contributed by atoms with Gasteiger partial charge >= 0.3 is 0 Å². The molecule has 0 heteroatoms. The summed E-state index contributed by atoms with van der Waals surface area (Å²) in [4.78, 5) is 0. The SMILES string of the molecule is C=C(/C=C(\C=C\C(C)(C)C(C)(C)CC(C)(C)C(C)(C)C)C(C)(C)C)C(C)(C)C(C)(C)C. The monoisotopic (exact) mass is 430 g/mol. The van der Waals surface area contributed by atoms with Crippen molar-refractivity contribution in [3.63, 3.8) is 0 Å². The molecular weight excluding hydrogens is 372 g/mol. The van der Waals surface area contributed by atoms with Crippen molar-refractivity contribution in [1.29, 1.82) is 0 Å². The van der Waals surface area contributed by atoms with Gasteiger partial charge in [0, 0.05) is 0 Å². The molecule has 0 saturated carbocycles. The third kappa shape index (κ3) is 7.36. The van der Waals surface area contributed by atoms with E-state index in [1.54, 1.807) is 0 Å². The minimum Gasteiger partial charge on any atom is -0.0953 e. The van der Waals surface area contributed by atoms with Crippen LogP contribution in [0.25, 0.3) is 0 Å². The normalized spacial score (nSPS) is 16.2. The van der Waals surface area contributed by atoms with Gasteiger partial charge in [-0.2, -0.15) is 0 Å². The molecular formula is C31H58. The zero-order valence-electron chi connectivity index (χ0n) is 24.6. The Labute approximate surface area is 198 Å². The number of allylic oxidation sites excluding steroid dienone is 5. The van der Waals surface area contributed by atoms with Gasteiger partial charge in [-0.3, -0.25) is 0 Å². The summed E-state index contributed by atoms with van der Waals surface area (Å²) in [6.07, 6.45) is 8.37. The summed E-state index contributed by atoms with van der Waals surface area (Å²) in [6, 6.07) is 0. The Kier molecular flexibility index (Phi) is 8.65. The molecule has 0 nitrogen and oxygen atoms in total. The van der Waals surface area contributed by atoms with Crippen LogP contribution in [-0.4, -0.2) is 0 Å². The maximum absolute atomic E-state index is 4.50. The van der Waals surface area contributed by atoms with Crippen molar-refractivity contribution in [2.75, 3.05) is 0 Å². The first-order valence-electron chi connectivity index (χ1n) is 12.3. The van der Waals surface area contributed by atoms with Crippen molar-refractivity contribution in [1.82, 2.24) is 0 Å². The smallest absolute Gasteiger partial charge is 0.00608 e. The molecule has 0 unspecified atom stereocenters. The Morgan fingerprint density at radius 1 is 0.613 bits per heavy atom. The molecule has 0 aromatic carbocycles. The highest BCUT2D eigenvalue weighted by molar-refractivity contribution is 5.37. The molecule has 0 aromatic rings. The molecule has 0 atom stereocenters. The molecule has 0 aliphatic carbocycles. The van der Waals surface area contributed by atoms with E-state index in [1.165, 1.54) is 17.6 Å². The lowest BCUT2D eigenvalue weighted by atomic mass is 9.56. The molecule has 0 aliphatic rings.